The summed E-state index contributed by atoms with van der Waals surface area (Å²) in [4.78, 5) is 14.9. The summed E-state index contributed by atoms with van der Waals surface area (Å²) in [5.41, 5.74) is 1.34. The highest BCUT2D eigenvalue weighted by molar-refractivity contribution is 8.01. The number of carbonyl (C=O) groups excluding carboxylic acids is 1. The number of nitrogens with one attached hydrogen (secondary N) is 1. The molecule has 1 saturated heterocycles. The number of carbonyl (C=O) groups is 1. The van der Waals surface area contributed by atoms with Crippen LogP contribution in [-0.4, -0.2) is 60.8 Å². The van der Waals surface area contributed by atoms with E-state index in [1.165, 1.54) is 27.8 Å². The SMILES string of the molecule is CCSc1nnc(NC(=O)c2cccc(S(=O)(=O)N3CCN(c4ccccc4)CC3)c2)s1. The summed E-state index contributed by atoms with van der Waals surface area (Å²) >= 11 is 2.83. The molecular weight excluding hydrogens is 466 g/mol. The van der Waals surface area contributed by atoms with Gasteiger partial charge < -0.3 is 4.90 Å². The van der Waals surface area contributed by atoms with Crippen molar-refractivity contribution in [2.75, 3.05) is 42.1 Å². The van der Waals surface area contributed by atoms with Crippen molar-refractivity contribution in [2.45, 2.75) is 16.2 Å². The summed E-state index contributed by atoms with van der Waals surface area (Å²) in [6, 6.07) is 16.1. The number of thioether (sulfide) groups is 1. The Morgan fingerprint density at radius 1 is 1.06 bits per heavy atom. The van der Waals surface area contributed by atoms with Gasteiger partial charge in [-0.05, 0) is 36.1 Å². The molecular formula is C21H23N5O3S3. The van der Waals surface area contributed by atoms with Crippen LogP contribution >= 0.6 is 23.1 Å². The van der Waals surface area contributed by atoms with Crippen LogP contribution in [0.25, 0.3) is 0 Å². The van der Waals surface area contributed by atoms with Crippen LogP contribution in [0, 0.1) is 0 Å². The first-order valence-corrected chi connectivity index (χ1v) is 13.4. The van der Waals surface area contributed by atoms with Crippen LogP contribution in [0.3, 0.4) is 0 Å². The number of aromatic nitrogens is 2. The second-order valence-electron chi connectivity index (χ2n) is 7.01. The third-order valence-corrected chi connectivity index (χ3v) is 8.74. The Balaban J connectivity index is 1.44. The van der Waals surface area contributed by atoms with Gasteiger partial charge in [-0.1, -0.05) is 54.3 Å². The molecule has 1 amide bonds. The van der Waals surface area contributed by atoms with E-state index in [0.29, 0.717) is 31.3 Å². The lowest BCUT2D eigenvalue weighted by Crippen LogP contribution is -2.48. The highest BCUT2D eigenvalue weighted by atomic mass is 32.2. The minimum atomic E-state index is -3.70. The number of amides is 1. The van der Waals surface area contributed by atoms with E-state index < -0.39 is 15.9 Å². The molecule has 1 N–H and O–H groups in total. The van der Waals surface area contributed by atoms with Gasteiger partial charge in [-0.15, -0.1) is 10.2 Å². The van der Waals surface area contributed by atoms with Gasteiger partial charge in [0.15, 0.2) is 4.34 Å². The normalized spacial score (nSPS) is 15.0. The van der Waals surface area contributed by atoms with Gasteiger partial charge in [0.1, 0.15) is 0 Å². The largest absolute Gasteiger partial charge is 0.369 e. The smallest absolute Gasteiger partial charge is 0.257 e. The maximum absolute atomic E-state index is 13.2. The van der Waals surface area contributed by atoms with Gasteiger partial charge in [-0.3, -0.25) is 10.1 Å². The molecule has 2 aromatic carbocycles. The Bertz CT molecular complexity index is 1180. The van der Waals surface area contributed by atoms with Crippen LogP contribution in [0.4, 0.5) is 10.8 Å². The second kappa shape index (κ2) is 9.99. The lowest BCUT2D eigenvalue weighted by Gasteiger charge is -2.35. The topological polar surface area (TPSA) is 95.5 Å². The van der Waals surface area contributed by atoms with Crippen molar-refractivity contribution in [1.82, 2.24) is 14.5 Å². The van der Waals surface area contributed by atoms with Gasteiger partial charge in [0.25, 0.3) is 5.91 Å². The molecule has 4 rings (SSSR count). The fourth-order valence-corrected chi connectivity index (χ4v) is 6.50. The van der Waals surface area contributed by atoms with Crippen LogP contribution < -0.4 is 10.2 Å². The maximum Gasteiger partial charge on any atom is 0.257 e. The van der Waals surface area contributed by atoms with E-state index in [9.17, 15) is 13.2 Å². The van der Waals surface area contributed by atoms with E-state index in [4.69, 9.17) is 0 Å². The zero-order valence-electron chi connectivity index (χ0n) is 17.5. The number of sulfonamides is 1. The Morgan fingerprint density at radius 3 is 2.53 bits per heavy atom. The molecule has 0 unspecified atom stereocenters. The molecule has 1 aromatic heterocycles. The van der Waals surface area contributed by atoms with Gasteiger partial charge in [0.05, 0.1) is 4.90 Å². The maximum atomic E-state index is 13.2. The Morgan fingerprint density at radius 2 is 1.81 bits per heavy atom. The summed E-state index contributed by atoms with van der Waals surface area (Å²) in [6.07, 6.45) is 0. The molecule has 1 aliphatic rings. The Hall–Kier alpha value is -2.47. The molecule has 11 heteroatoms. The highest BCUT2D eigenvalue weighted by Gasteiger charge is 2.29. The molecule has 0 radical (unpaired) electrons. The minimum absolute atomic E-state index is 0.109. The Kier molecular flexibility index (Phi) is 7.09. The molecule has 32 heavy (non-hydrogen) atoms. The van der Waals surface area contributed by atoms with E-state index in [1.54, 1.807) is 23.9 Å². The number of hydrogen-bond acceptors (Lipinski definition) is 8. The molecule has 0 saturated carbocycles. The summed E-state index contributed by atoms with van der Waals surface area (Å²) in [6.45, 7) is 4.00. The van der Waals surface area contributed by atoms with Crippen molar-refractivity contribution in [3.8, 4) is 0 Å². The lowest BCUT2D eigenvalue weighted by molar-refractivity contribution is 0.102. The first-order valence-electron chi connectivity index (χ1n) is 10.2. The molecule has 2 heterocycles. The molecule has 8 nitrogen and oxygen atoms in total. The predicted molar refractivity (Wildman–Crippen MR) is 128 cm³/mol. The van der Waals surface area contributed by atoms with Crippen molar-refractivity contribution in [2.24, 2.45) is 0 Å². The second-order valence-corrected chi connectivity index (χ2v) is 11.4. The van der Waals surface area contributed by atoms with Gasteiger partial charge >= 0.3 is 0 Å². The van der Waals surface area contributed by atoms with Crippen molar-refractivity contribution in [1.29, 1.82) is 0 Å². The van der Waals surface area contributed by atoms with Crippen LogP contribution in [0.1, 0.15) is 17.3 Å². The first-order chi connectivity index (χ1) is 15.5. The van der Waals surface area contributed by atoms with E-state index in [0.717, 1.165) is 15.8 Å². The summed E-state index contributed by atoms with van der Waals surface area (Å²) in [5, 5.41) is 11.1. The standard InChI is InChI=1S/C21H23N5O3S3/c1-2-30-21-24-23-20(31-21)22-19(27)16-7-6-10-18(15-16)32(28,29)26-13-11-25(12-14-26)17-8-4-3-5-9-17/h3-10,15H,2,11-14H2,1H3,(H,22,23,27). The van der Waals surface area contributed by atoms with Crippen LogP contribution in [0.2, 0.25) is 0 Å². The number of benzene rings is 2. The van der Waals surface area contributed by atoms with E-state index in [2.05, 4.69) is 20.4 Å². The molecule has 1 fully saturated rings. The number of nitrogens with zero attached hydrogens (tertiary/aromatic N) is 4. The monoisotopic (exact) mass is 489 g/mol. The third kappa shape index (κ3) is 5.12. The minimum Gasteiger partial charge on any atom is -0.369 e. The van der Waals surface area contributed by atoms with E-state index in [1.807, 2.05) is 37.3 Å². The summed E-state index contributed by atoms with van der Waals surface area (Å²) < 4.78 is 28.6. The van der Waals surface area contributed by atoms with Gasteiger partial charge in [0.2, 0.25) is 15.2 Å². The van der Waals surface area contributed by atoms with Gasteiger partial charge in [-0.25, -0.2) is 8.42 Å². The highest BCUT2D eigenvalue weighted by Crippen LogP contribution is 2.26. The van der Waals surface area contributed by atoms with Crippen molar-refractivity contribution >= 4 is 49.8 Å². The molecule has 3 aromatic rings. The molecule has 0 atom stereocenters. The third-order valence-electron chi connectivity index (χ3n) is 4.99. The zero-order valence-corrected chi connectivity index (χ0v) is 19.9. The van der Waals surface area contributed by atoms with Crippen molar-refractivity contribution < 1.29 is 13.2 Å². The van der Waals surface area contributed by atoms with E-state index in [-0.39, 0.29) is 10.5 Å². The fourth-order valence-electron chi connectivity index (χ4n) is 3.38. The average molecular weight is 490 g/mol. The van der Waals surface area contributed by atoms with Gasteiger partial charge in [-0.2, -0.15) is 4.31 Å². The number of para-hydroxylation sites is 1. The molecule has 0 bridgehead atoms. The summed E-state index contributed by atoms with van der Waals surface area (Å²) in [5.74, 6) is 0.447. The Labute approximate surface area is 195 Å². The van der Waals surface area contributed by atoms with Crippen LogP contribution in [-0.2, 0) is 10.0 Å². The average Bonchev–Trinajstić information content (AvgIpc) is 3.27. The number of rotatable bonds is 7. The van der Waals surface area contributed by atoms with Crippen molar-refractivity contribution in [3.63, 3.8) is 0 Å². The molecule has 1 aliphatic heterocycles. The molecule has 0 spiro atoms. The molecule has 168 valence electrons. The zero-order chi connectivity index (χ0) is 22.6. The summed E-state index contributed by atoms with van der Waals surface area (Å²) in [7, 11) is -3.70. The van der Waals surface area contributed by atoms with Crippen molar-refractivity contribution in [3.05, 3.63) is 60.2 Å². The predicted octanol–water partition coefficient (Wildman–Crippen LogP) is 3.41. The number of piperazine rings is 1. The number of anilines is 2. The molecule has 0 aliphatic carbocycles. The number of hydrogen-bond donors (Lipinski definition) is 1. The first kappa shape index (κ1) is 22.7. The quantitative estimate of drug-likeness (QED) is 0.401. The van der Waals surface area contributed by atoms with E-state index >= 15 is 0 Å². The van der Waals surface area contributed by atoms with Gasteiger partial charge in [0, 0.05) is 37.4 Å². The lowest BCUT2D eigenvalue weighted by atomic mass is 10.2. The van der Waals surface area contributed by atoms with Crippen LogP contribution in [0.15, 0.2) is 63.8 Å². The van der Waals surface area contributed by atoms with Crippen LogP contribution in [0.5, 0.6) is 0 Å². The fraction of sp³-hybridized carbons (Fsp3) is 0.286.